The van der Waals surface area contributed by atoms with E-state index in [4.69, 9.17) is 0 Å². The van der Waals surface area contributed by atoms with Crippen LogP contribution in [0.15, 0.2) is 36.4 Å². The quantitative estimate of drug-likeness (QED) is 0.685. The molecule has 0 aliphatic heterocycles. The first-order valence-corrected chi connectivity index (χ1v) is 4.55. The van der Waals surface area contributed by atoms with Gasteiger partial charge in [0.2, 0.25) is 0 Å². The molecule has 2 nitrogen and oxygen atoms in total. The fraction of sp³-hybridized carbons (Fsp3) is 0.250. The lowest BCUT2D eigenvalue weighted by molar-refractivity contribution is -0.139. The average molecular weight is 190 g/mol. The van der Waals surface area contributed by atoms with E-state index in [-0.39, 0.29) is 5.97 Å². The van der Waals surface area contributed by atoms with Crippen LogP contribution in [0, 0.1) is 0 Å². The molecule has 0 aromatic heterocycles. The normalized spacial score (nSPS) is 11.1. The summed E-state index contributed by atoms with van der Waals surface area (Å²) in [6.07, 6.45) is 2.27. The number of benzene rings is 1. The number of allylic oxidation sites excluding steroid dienone is 1. The summed E-state index contributed by atoms with van der Waals surface area (Å²) in [7, 11) is 1.40. The Hall–Kier alpha value is -1.57. The van der Waals surface area contributed by atoms with Crippen molar-refractivity contribution in [3.63, 3.8) is 0 Å². The Kier molecular flexibility index (Phi) is 3.92. The van der Waals surface area contributed by atoms with Crippen molar-refractivity contribution in [3.05, 3.63) is 42.0 Å². The van der Waals surface area contributed by atoms with Crippen molar-refractivity contribution in [2.45, 2.75) is 13.3 Å². The van der Waals surface area contributed by atoms with Crippen LogP contribution in [-0.2, 0) is 9.53 Å². The number of methoxy groups -OCH3 is 1. The van der Waals surface area contributed by atoms with Gasteiger partial charge in [-0.2, -0.15) is 0 Å². The molecule has 0 heterocycles. The van der Waals surface area contributed by atoms with Crippen LogP contribution >= 0.6 is 0 Å². The van der Waals surface area contributed by atoms with Gasteiger partial charge in [0.1, 0.15) is 0 Å². The molecule has 0 aliphatic rings. The Morgan fingerprint density at radius 1 is 1.36 bits per heavy atom. The number of carbonyl (C=O) groups is 1. The molecule has 1 aromatic carbocycles. The molecular weight excluding hydrogens is 176 g/mol. The average Bonchev–Trinajstić information content (AvgIpc) is 2.26. The molecule has 0 amide bonds. The van der Waals surface area contributed by atoms with Crippen LogP contribution < -0.4 is 0 Å². The van der Waals surface area contributed by atoms with Crippen molar-refractivity contribution in [1.82, 2.24) is 0 Å². The molecule has 0 saturated heterocycles. The number of rotatable bonds is 3. The summed E-state index contributed by atoms with van der Waals surface area (Å²) in [5.41, 5.74) is 2.07. The maximum atomic E-state index is 11.1. The van der Waals surface area contributed by atoms with Crippen LogP contribution in [0.25, 0.3) is 5.57 Å². The molecule has 1 rings (SSSR count). The number of carbonyl (C=O) groups excluding carboxylic acids is 1. The first kappa shape index (κ1) is 10.5. The van der Waals surface area contributed by atoms with Crippen molar-refractivity contribution < 1.29 is 9.53 Å². The lowest BCUT2D eigenvalue weighted by Crippen LogP contribution is -2.01. The topological polar surface area (TPSA) is 26.3 Å². The molecule has 0 N–H and O–H groups in total. The van der Waals surface area contributed by atoms with E-state index in [0.717, 1.165) is 11.1 Å². The number of hydrogen-bond acceptors (Lipinski definition) is 2. The molecule has 14 heavy (non-hydrogen) atoms. The van der Waals surface area contributed by atoms with Crippen LogP contribution in [0.5, 0.6) is 0 Å². The molecule has 0 saturated carbocycles. The Morgan fingerprint density at radius 3 is 2.50 bits per heavy atom. The molecular formula is C12H14O2. The predicted octanol–water partition coefficient (Wildman–Crippen LogP) is 2.65. The van der Waals surface area contributed by atoms with Gasteiger partial charge >= 0.3 is 5.97 Å². The highest BCUT2D eigenvalue weighted by molar-refractivity contribution is 5.84. The Bertz CT molecular complexity index is 325. The van der Waals surface area contributed by atoms with Crippen molar-refractivity contribution >= 4 is 11.5 Å². The molecule has 0 bridgehead atoms. The largest absolute Gasteiger partial charge is 0.469 e. The van der Waals surface area contributed by atoms with E-state index in [0.29, 0.717) is 6.42 Å². The Morgan fingerprint density at radius 2 is 2.00 bits per heavy atom. The fourth-order valence-electron chi connectivity index (χ4n) is 1.25. The van der Waals surface area contributed by atoms with E-state index < -0.39 is 0 Å². The van der Waals surface area contributed by atoms with Crippen LogP contribution in [0.3, 0.4) is 0 Å². The van der Waals surface area contributed by atoms with E-state index >= 15 is 0 Å². The summed E-state index contributed by atoms with van der Waals surface area (Å²) in [6.45, 7) is 1.92. The molecule has 0 fully saturated rings. The van der Waals surface area contributed by atoms with Gasteiger partial charge in [-0.25, -0.2) is 0 Å². The first-order valence-electron chi connectivity index (χ1n) is 4.55. The molecule has 0 atom stereocenters. The van der Waals surface area contributed by atoms with Gasteiger partial charge in [0.25, 0.3) is 0 Å². The van der Waals surface area contributed by atoms with Gasteiger partial charge in [-0.15, -0.1) is 0 Å². The molecule has 0 aliphatic carbocycles. The monoisotopic (exact) mass is 190 g/mol. The zero-order chi connectivity index (χ0) is 10.4. The fourth-order valence-corrected chi connectivity index (χ4v) is 1.25. The zero-order valence-corrected chi connectivity index (χ0v) is 8.49. The first-order chi connectivity index (χ1) is 6.77. The molecule has 0 spiro atoms. The van der Waals surface area contributed by atoms with E-state index in [1.807, 2.05) is 43.3 Å². The third kappa shape index (κ3) is 2.73. The number of esters is 1. The van der Waals surface area contributed by atoms with Gasteiger partial charge in [0.15, 0.2) is 0 Å². The molecule has 74 valence electrons. The highest BCUT2D eigenvalue weighted by Crippen LogP contribution is 2.17. The summed E-state index contributed by atoms with van der Waals surface area (Å²) in [5, 5.41) is 0. The van der Waals surface area contributed by atoms with Crippen LogP contribution in [-0.4, -0.2) is 13.1 Å². The van der Waals surface area contributed by atoms with Crippen LogP contribution in [0.1, 0.15) is 18.9 Å². The second-order valence-corrected chi connectivity index (χ2v) is 2.93. The van der Waals surface area contributed by atoms with Crippen LogP contribution in [0.2, 0.25) is 0 Å². The lowest BCUT2D eigenvalue weighted by Gasteiger charge is -2.05. The summed E-state index contributed by atoms with van der Waals surface area (Å²) < 4.78 is 4.62. The lowest BCUT2D eigenvalue weighted by atomic mass is 10.0. The highest BCUT2D eigenvalue weighted by atomic mass is 16.5. The van der Waals surface area contributed by atoms with Crippen LogP contribution in [0.4, 0.5) is 0 Å². The third-order valence-electron chi connectivity index (χ3n) is 2.06. The summed E-state index contributed by atoms with van der Waals surface area (Å²) >= 11 is 0. The Labute approximate surface area is 84.2 Å². The second kappa shape index (κ2) is 5.22. The van der Waals surface area contributed by atoms with Crippen molar-refractivity contribution in [2.75, 3.05) is 7.11 Å². The smallest absolute Gasteiger partial charge is 0.309 e. The maximum Gasteiger partial charge on any atom is 0.309 e. The standard InChI is InChI=1S/C12H14O2/c1-3-10(9-12(13)14-2)11-7-5-4-6-8-11/h3-8H,9H2,1-2H3/b10-3-. The maximum absolute atomic E-state index is 11.1. The van der Waals surface area contributed by atoms with Gasteiger partial charge in [-0.05, 0) is 18.1 Å². The summed E-state index contributed by atoms with van der Waals surface area (Å²) in [4.78, 5) is 11.1. The number of ether oxygens (including phenoxy) is 1. The molecule has 0 radical (unpaired) electrons. The van der Waals surface area contributed by atoms with Gasteiger partial charge in [-0.1, -0.05) is 36.4 Å². The van der Waals surface area contributed by atoms with E-state index in [1.54, 1.807) is 0 Å². The molecule has 1 aromatic rings. The second-order valence-electron chi connectivity index (χ2n) is 2.93. The summed E-state index contributed by atoms with van der Waals surface area (Å²) in [5.74, 6) is -0.207. The van der Waals surface area contributed by atoms with E-state index in [2.05, 4.69) is 4.74 Å². The molecule has 2 heteroatoms. The van der Waals surface area contributed by atoms with Crippen molar-refractivity contribution in [3.8, 4) is 0 Å². The highest BCUT2D eigenvalue weighted by Gasteiger charge is 2.06. The van der Waals surface area contributed by atoms with Gasteiger partial charge < -0.3 is 4.74 Å². The van der Waals surface area contributed by atoms with Crippen molar-refractivity contribution in [2.24, 2.45) is 0 Å². The predicted molar refractivity (Wildman–Crippen MR) is 56.7 cm³/mol. The number of hydrogen-bond donors (Lipinski definition) is 0. The third-order valence-corrected chi connectivity index (χ3v) is 2.06. The van der Waals surface area contributed by atoms with Gasteiger partial charge in [-0.3, -0.25) is 4.79 Å². The van der Waals surface area contributed by atoms with Gasteiger partial charge in [0.05, 0.1) is 13.5 Å². The van der Waals surface area contributed by atoms with E-state index in [9.17, 15) is 4.79 Å². The van der Waals surface area contributed by atoms with E-state index in [1.165, 1.54) is 7.11 Å². The SMILES string of the molecule is C/C=C(/CC(=O)OC)c1ccccc1. The minimum Gasteiger partial charge on any atom is -0.469 e. The Balaban J connectivity index is 2.79. The molecule has 0 unspecified atom stereocenters. The van der Waals surface area contributed by atoms with Gasteiger partial charge in [0, 0.05) is 0 Å². The summed E-state index contributed by atoms with van der Waals surface area (Å²) in [6, 6.07) is 9.83. The van der Waals surface area contributed by atoms with Crippen molar-refractivity contribution in [1.29, 1.82) is 0 Å². The zero-order valence-electron chi connectivity index (χ0n) is 8.49. The minimum absolute atomic E-state index is 0.207. The minimum atomic E-state index is -0.207.